The summed E-state index contributed by atoms with van der Waals surface area (Å²) in [7, 11) is 0. The summed E-state index contributed by atoms with van der Waals surface area (Å²) in [5, 5.41) is 7.85. The number of esters is 1. The van der Waals surface area contributed by atoms with Gasteiger partial charge in [-0.3, -0.25) is 14.4 Å². The zero-order valence-corrected chi connectivity index (χ0v) is 20.5. The summed E-state index contributed by atoms with van der Waals surface area (Å²) in [4.78, 5) is 49.4. The molecular weight excluding hydrogens is 442 g/mol. The third kappa shape index (κ3) is 8.66. The lowest BCUT2D eigenvalue weighted by Gasteiger charge is -2.26. The zero-order valence-electron chi connectivity index (χ0n) is 20.5. The van der Waals surface area contributed by atoms with E-state index in [1.165, 1.54) is 6.92 Å². The van der Waals surface area contributed by atoms with Crippen molar-refractivity contribution in [3.63, 3.8) is 0 Å². The lowest BCUT2D eigenvalue weighted by atomic mass is 10.0. The van der Waals surface area contributed by atoms with Crippen molar-refractivity contribution in [3.05, 3.63) is 35.9 Å². The summed E-state index contributed by atoms with van der Waals surface area (Å²) in [5.41, 5.74) is 0.184. The molecular formula is C24H35N3O7. The van der Waals surface area contributed by atoms with Crippen LogP contribution in [0.2, 0.25) is 0 Å². The molecule has 10 heteroatoms. The molecule has 1 heterocycles. The fraction of sp³-hybridized carbons (Fsp3) is 0.583. The summed E-state index contributed by atoms with van der Waals surface area (Å²) in [5.74, 6) is -1.77. The Labute approximate surface area is 200 Å². The van der Waals surface area contributed by atoms with Crippen molar-refractivity contribution >= 4 is 23.9 Å². The highest BCUT2D eigenvalue weighted by Gasteiger charge is 2.38. The average molecular weight is 478 g/mol. The molecule has 1 fully saturated rings. The molecule has 4 atom stereocenters. The van der Waals surface area contributed by atoms with Crippen LogP contribution in [0, 0.1) is 5.92 Å². The van der Waals surface area contributed by atoms with Crippen LogP contribution in [0.1, 0.15) is 53.5 Å². The van der Waals surface area contributed by atoms with Crippen LogP contribution in [-0.2, 0) is 35.2 Å². The number of alkyl carbamates (subject to hydrolysis) is 1. The van der Waals surface area contributed by atoms with E-state index >= 15 is 0 Å². The summed E-state index contributed by atoms with van der Waals surface area (Å²) < 4.78 is 16.1. The largest absolute Gasteiger partial charge is 0.444 e. The van der Waals surface area contributed by atoms with Crippen molar-refractivity contribution < 1.29 is 33.4 Å². The number of nitrogens with one attached hydrogen (secondary N) is 3. The highest BCUT2D eigenvalue weighted by Crippen LogP contribution is 2.18. The van der Waals surface area contributed by atoms with E-state index in [0.29, 0.717) is 0 Å². The normalized spacial score (nSPS) is 19.7. The average Bonchev–Trinajstić information content (AvgIpc) is 3.08. The number of carbonyl (C=O) groups is 4. The highest BCUT2D eigenvalue weighted by molar-refractivity contribution is 5.91. The molecule has 188 valence electrons. The monoisotopic (exact) mass is 477 g/mol. The van der Waals surface area contributed by atoms with Gasteiger partial charge in [0.1, 0.15) is 23.7 Å². The van der Waals surface area contributed by atoms with Crippen LogP contribution >= 0.6 is 0 Å². The lowest BCUT2D eigenvalue weighted by Crippen LogP contribution is -2.56. The maximum absolute atomic E-state index is 12.7. The van der Waals surface area contributed by atoms with Crippen molar-refractivity contribution in [3.8, 4) is 0 Å². The molecule has 3 amide bonds. The molecule has 2 rings (SSSR count). The van der Waals surface area contributed by atoms with Crippen molar-refractivity contribution in [1.29, 1.82) is 0 Å². The molecule has 2 unspecified atom stereocenters. The molecule has 0 aliphatic carbocycles. The van der Waals surface area contributed by atoms with E-state index in [2.05, 4.69) is 16.0 Å². The number of hydrogen-bond acceptors (Lipinski definition) is 7. The smallest absolute Gasteiger partial charge is 0.408 e. The second-order valence-electron chi connectivity index (χ2n) is 9.57. The fourth-order valence-electron chi connectivity index (χ4n) is 3.20. The SMILES string of the molecule is CC(C)[C@H](NC(=O)OC(C)(C)C)C(=O)N[C@@H](C)C(=O)NC1CC(=O)OC1OCc1ccccc1. The number of cyclic esters (lactones) is 1. The van der Waals surface area contributed by atoms with E-state index in [4.69, 9.17) is 14.2 Å². The molecule has 1 aromatic rings. The van der Waals surface area contributed by atoms with Gasteiger partial charge in [-0.25, -0.2) is 4.79 Å². The van der Waals surface area contributed by atoms with Gasteiger partial charge in [-0.15, -0.1) is 0 Å². The van der Waals surface area contributed by atoms with Crippen LogP contribution in [0.4, 0.5) is 4.79 Å². The summed E-state index contributed by atoms with van der Waals surface area (Å²) in [6.07, 6.45) is -1.70. The van der Waals surface area contributed by atoms with E-state index in [1.54, 1.807) is 34.6 Å². The first-order chi connectivity index (χ1) is 15.9. The van der Waals surface area contributed by atoms with Gasteiger partial charge in [-0.1, -0.05) is 44.2 Å². The van der Waals surface area contributed by atoms with Gasteiger partial charge in [-0.2, -0.15) is 0 Å². The minimum Gasteiger partial charge on any atom is -0.444 e. The third-order valence-corrected chi connectivity index (χ3v) is 4.92. The molecule has 1 aliphatic heterocycles. The molecule has 1 aliphatic rings. The van der Waals surface area contributed by atoms with Gasteiger partial charge >= 0.3 is 12.1 Å². The van der Waals surface area contributed by atoms with Crippen LogP contribution in [-0.4, -0.2) is 53.9 Å². The highest BCUT2D eigenvalue weighted by atomic mass is 16.7. The van der Waals surface area contributed by atoms with E-state index in [9.17, 15) is 19.2 Å². The maximum atomic E-state index is 12.7. The predicted octanol–water partition coefficient (Wildman–Crippen LogP) is 2.02. The quantitative estimate of drug-likeness (QED) is 0.464. The minimum atomic E-state index is -0.934. The number of hydrogen-bond donors (Lipinski definition) is 3. The van der Waals surface area contributed by atoms with Gasteiger partial charge in [0, 0.05) is 0 Å². The molecule has 34 heavy (non-hydrogen) atoms. The first kappa shape index (κ1) is 27.1. The Bertz CT molecular complexity index is 867. The lowest BCUT2D eigenvalue weighted by molar-refractivity contribution is -0.168. The summed E-state index contributed by atoms with van der Waals surface area (Å²) in [6.45, 7) is 10.4. The van der Waals surface area contributed by atoms with Gasteiger partial charge < -0.3 is 30.2 Å². The molecule has 10 nitrogen and oxygen atoms in total. The Kier molecular flexibility index (Phi) is 9.43. The van der Waals surface area contributed by atoms with Gasteiger partial charge in [0.2, 0.25) is 18.1 Å². The Morgan fingerprint density at radius 1 is 1.06 bits per heavy atom. The van der Waals surface area contributed by atoms with Crippen LogP contribution in [0.5, 0.6) is 0 Å². The van der Waals surface area contributed by atoms with Gasteiger partial charge in [0.25, 0.3) is 0 Å². The van der Waals surface area contributed by atoms with E-state index in [-0.39, 0.29) is 18.9 Å². The molecule has 0 spiro atoms. The number of benzene rings is 1. The second kappa shape index (κ2) is 11.8. The first-order valence-electron chi connectivity index (χ1n) is 11.3. The number of ether oxygens (including phenoxy) is 3. The molecule has 0 bridgehead atoms. The van der Waals surface area contributed by atoms with Crippen molar-refractivity contribution in [2.45, 2.75) is 84.6 Å². The fourth-order valence-corrected chi connectivity index (χ4v) is 3.20. The molecule has 3 N–H and O–H groups in total. The van der Waals surface area contributed by atoms with Crippen LogP contribution < -0.4 is 16.0 Å². The Hall–Kier alpha value is -3.14. The van der Waals surface area contributed by atoms with Gasteiger partial charge in [0.05, 0.1) is 13.0 Å². The minimum absolute atomic E-state index is 0.0410. The first-order valence-corrected chi connectivity index (χ1v) is 11.3. The van der Waals surface area contributed by atoms with Gasteiger partial charge in [0.15, 0.2) is 0 Å². The Morgan fingerprint density at radius 2 is 1.71 bits per heavy atom. The number of amides is 3. The molecule has 0 aromatic heterocycles. The van der Waals surface area contributed by atoms with Crippen LogP contribution in [0.25, 0.3) is 0 Å². The van der Waals surface area contributed by atoms with Crippen LogP contribution in [0.3, 0.4) is 0 Å². The molecule has 0 radical (unpaired) electrons. The van der Waals surface area contributed by atoms with Gasteiger partial charge in [-0.05, 0) is 39.2 Å². The third-order valence-electron chi connectivity index (χ3n) is 4.92. The van der Waals surface area contributed by atoms with Crippen molar-refractivity contribution in [2.75, 3.05) is 0 Å². The second-order valence-corrected chi connectivity index (χ2v) is 9.57. The molecule has 1 aromatic carbocycles. The molecule has 1 saturated heterocycles. The van der Waals surface area contributed by atoms with Crippen molar-refractivity contribution in [2.24, 2.45) is 5.92 Å². The maximum Gasteiger partial charge on any atom is 0.408 e. The summed E-state index contributed by atoms with van der Waals surface area (Å²) >= 11 is 0. The predicted molar refractivity (Wildman–Crippen MR) is 123 cm³/mol. The standard InChI is InChI=1S/C24H35N3O7/c1-14(2)19(27-23(31)34-24(4,5)6)21(30)25-15(3)20(29)26-17-12-18(28)33-22(17)32-13-16-10-8-7-9-11-16/h7-11,14-15,17,19,22H,12-13H2,1-6H3,(H,25,30)(H,26,29)(H,27,31)/t15-,17?,19-,22?/m0/s1. The zero-order chi connectivity index (χ0) is 25.5. The Morgan fingerprint density at radius 3 is 2.29 bits per heavy atom. The van der Waals surface area contributed by atoms with E-state index < -0.39 is 53.9 Å². The van der Waals surface area contributed by atoms with E-state index in [0.717, 1.165) is 5.56 Å². The van der Waals surface area contributed by atoms with E-state index in [1.807, 2.05) is 30.3 Å². The Balaban J connectivity index is 1.91. The molecule has 0 saturated carbocycles. The summed E-state index contributed by atoms with van der Waals surface area (Å²) in [6, 6.07) is 6.84. The number of carbonyl (C=O) groups excluding carboxylic acids is 4. The number of rotatable bonds is 9. The topological polar surface area (TPSA) is 132 Å². The van der Waals surface area contributed by atoms with Crippen molar-refractivity contribution in [1.82, 2.24) is 16.0 Å². The van der Waals surface area contributed by atoms with Crippen LogP contribution in [0.15, 0.2) is 30.3 Å².